The molecule has 7 nitrogen and oxygen atoms in total. The van der Waals surface area contributed by atoms with Crippen molar-refractivity contribution in [2.24, 2.45) is 0 Å². The van der Waals surface area contributed by atoms with E-state index in [2.05, 4.69) is 20.2 Å². The van der Waals surface area contributed by atoms with Gasteiger partial charge in [0.05, 0.1) is 0 Å². The Kier molecular flexibility index (Phi) is 5.57. The fraction of sp³-hybridized carbons (Fsp3) is 0.389. The molecule has 25 heavy (non-hydrogen) atoms. The van der Waals surface area contributed by atoms with Crippen molar-refractivity contribution < 1.29 is 9.90 Å². The van der Waals surface area contributed by atoms with Crippen LogP contribution in [-0.4, -0.2) is 63.6 Å². The van der Waals surface area contributed by atoms with Gasteiger partial charge in [0.1, 0.15) is 6.04 Å². The number of aromatic nitrogens is 2. The van der Waals surface area contributed by atoms with E-state index >= 15 is 0 Å². The van der Waals surface area contributed by atoms with E-state index < -0.39 is 12.0 Å². The molecule has 2 heterocycles. The highest BCUT2D eigenvalue weighted by atomic mass is 16.4. The van der Waals surface area contributed by atoms with Gasteiger partial charge >= 0.3 is 5.97 Å². The van der Waals surface area contributed by atoms with E-state index in [-0.39, 0.29) is 0 Å². The van der Waals surface area contributed by atoms with E-state index in [0.717, 1.165) is 18.7 Å². The zero-order chi connectivity index (χ0) is 17.6. The van der Waals surface area contributed by atoms with Crippen LogP contribution in [0, 0.1) is 0 Å². The lowest BCUT2D eigenvalue weighted by Crippen LogP contribution is -2.54. The summed E-state index contributed by atoms with van der Waals surface area (Å²) in [5.41, 5.74) is 2.16. The van der Waals surface area contributed by atoms with Crippen LogP contribution in [-0.2, 0) is 17.9 Å². The van der Waals surface area contributed by atoms with Crippen molar-refractivity contribution in [1.29, 1.82) is 0 Å². The molecule has 1 atom stereocenters. The highest BCUT2D eigenvalue weighted by Crippen LogP contribution is 2.12. The van der Waals surface area contributed by atoms with Gasteiger partial charge in [-0.15, -0.1) is 0 Å². The summed E-state index contributed by atoms with van der Waals surface area (Å²) in [4.78, 5) is 24.0. The van der Waals surface area contributed by atoms with Gasteiger partial charge in [0.25, 0.3) is 0 Å². The number of carboxylic acid groups (broad SMARTS) is 1. The topological polar surface area (TPSA) is 81.6 Å². The number of piperazine rings is 1. The fourth-order valence-electron chi connectivity index (χ4n) is 2.90. The SMILES string of the molecule is CN1CCN(Cc2cnc(NCc3ccccc3)nc2)CC1C(=O)O. The summed E-state index contributed by atoms with van der Waals surface area (Å²) in [6.45, 7) is 3.44. The second-order valence-electron chi connectivity index (χ2n) is 6.32. The lowest BCUT2D eigenvalue weighted by molar-refractivity contribution is -0.145. The molecule has 1 fully saturated rings. The Morgan fingerprint density at radius 3 is 2.60 bits per heavy atom. The van der Waals surface area contributed by atoms with Gasteiger partial charge in [-0.25, -0.2) is 9.97 Å². The average molecular weight is 341 g/mol. The lowest BCUT2D eigenvalue weighted by atomic mass is 10.1. The third-order valence-electron chi connectivity index (χ3n) is 4.42. The molecule has 3 rings (SSSR count). The molecule has 132 valence electrons. The molecule has 0 spiro atoms. The molecule has 7 heteroatoms. The first-order chi connectivity index (χ1) is 12.1. The number of hydrogen-bond donors (Lipinski definition) is 2. The molecule has 1 aliphatic heterocycles. The number of rotatable bonds is 6. The monoisotopic (exact) mass is 341 g/mol. The second-order valence-corrected chi connectivity index (χ2v) is 6.32. The number of carbonyl (C=O) groups is 1. The zero-order valence-corrected chi connectivity index (χ0v) is 14.3. The quantitative estimate of drug-likeness (QED) is 0.819. The van der Waals surface area contributed by atoms with Crippen molar-refractivity contribution in [3.05, 3.63) is 53.9 Å². The third-order valence-corrected chi connectivity index (χ3v) is 4.42. The van der Waals surface area contributed by atoms with Crippen LogP contribution in [0.15, 0.2) is 42.7 Å². The van der Waals surface area contributed by atoms with Gasteiger partial charge in [0.2, 0.25) is 5.95 Å². The second kappa shape index (κ2) is 8.04. The molecule has 0 bridgehead atoms. The van der Waals surface area contributed by atoms with Gasteiger partial charge in [-0.2, -0.15) is 0 Å². The van der Waals surface area contributed by atoms with E-state index in [9.17, 15) is 9.90 Å². The predicted molar refractivity (Wildman–Crippen MR) is 95.1 cm³/mol. The molecule has 0 radical (unpaired) electrons. The minimum absolute atomic E-state index is 0.457. The predicted octanol–water partition coefficient (Wildman–Crippen LogP) is 1.29. The summed E-state index contributed by atoms with van der Waals surface area (Å²) in [5, 5.41) is 12.5. The fourth-order valence-corrected chi connectivity index (χ4v) is 2.90. The number of nitrogens with one attached hydrogen (secondary N) is 1. The number of hydrogen-bond acceptors (Lipinski definition) is 6. The molecule has 1 aromatic heterocycles. The zero-order valence-electron chi connectivity index (χ0n) is 14.3. The van der Waals surface area contributed by atoms with Gasteiger partial charge in [-0.3, -0.25) is 14.6 Å². The first-order valence-corrected chi connectivity index (χ1v) is 8.36. The van der Waals surface area contributed by atoms with Crippen molar-refractivity contribution in [2.75, 3.05) is 32.0 Å². The summed E-state index contributed by atoms with van der Waals surface area (Å²) in [6, 6.07) is 9.63. The van der Waals surface area contributed by atoms with Gasteiger partial charge in [0.15, 0.2) is 0 Å². The van der Waals surface area contributed by atoms with Crippen molar-refractivity contribution >= 4 is 11.9 Å². The summed E-state index contributed by atoms with van der Waals surface area (Å²) in [6.07, 6.45) is 3.60. The molecule has 1 unspecified atom stereocenters. The van der Waals surface area contributed by atoms with Crippen LogP contribution in [0.5, 0.6) is 0 Å². The molecule has 0 amide bonds. The van der Waals surface area contributed by atoms with Crippen LogP contribution in [0.3, 0.4) is 0 Å². The maximum atomic E-state index is 11.3. The molecule has 2 N–H and O–H groups in total. The molecule has 1 saturated heterocycles. The Hall–Kier alpha value is -2.51. The van der Waals surface area contributed by atoms with Crippen LogP contribution in [0.1, 0.15) is 11.1 Å². The number of anilines is 1. The molecule has 1 aliphatic rings. The van der Waals surface area contributed by atoms with Gasteiger partial charge in [-0.1, -0.05) is 30.3 Å². The van der Waals surface area contributed by atoms with Crippen LogP contribution >= 0.6 is 0 Å². The van der Waals surface area contributed by atoms with Gasteiger partial charge in [-0.05, 0) is 12.6 Å². The van der Waals surface area contributed by atoms with E-state index in [1.54, 1.807) is 12.4 Å². The van der Waals surface area contributed by atoms with Crippen molar-refractivity contribution in [1.82, 2.24) is 19.8 Å². The van der Waals surface area contributed by atoms with Crippen molar-refractivity contribution in [3.63, 3.8) is 0 Å². The van der Waals surface area contributed by atoms with Crippen LogP contribution in [0.25, 0.3) is 0 Å². The summed E-state index contributed by atoms with van der Waals surface area (Å²) >= 11 is 0. The number of likely N-dealkylation sites (N-methyl/N-ethyl adjacent to an activating group) is 1. The lowest BCUT2D eigenvalue weighted by Gasteiger charge is -2.37. The van der Waals surface area contributed by atoms with E-state index in [4.69, 9.17) is 0 Å². The van der Waals surface area contributed by atoms with Crippen LogP contribution < -0.4 is 5.32 Å². The molecule has 0 aliphatic carbocycles. The highest BCUT2D eigenvalue weighted by Gasteiger charge is 2.29. The Balaban J connectivity index is 1.53. The van der Waals surface area contributed by atoms with Crippen LogP contribution in [0.4, 0.5) is 5.95 Å². The Labute approximate surface area is 147 Å². The van der Waals surface area contributed by atoms with Crippen molar-refractivity contribution in [2.45, 2.75) is 19.1 Å². The number of carboxylic acids is 1. The van der Waals surface area contributed by atoms with Gasteiger partial charge < -0.3 is 10.4 Å². The number of aliphatic carboxylic acids is 1. The molecule has 1 aromatic carbocycles. The molecule has 2 aromatic rings. The minimum Gasteiger partial charge on any atom is -0.480 e. The molecule has 0 saturated carbocycles. The highest BCUT2D eigenvalue weighted by molar-refractivity contribution is 5.73. The smallest absolute Gasteiger partial charge is 0.322 e. The Bertz CT molecular complexity index is 692. The first-order valence-electron chi connectivity index (χ1n) is 8.36. The van der Waals surface area contributed by atoms with Gasteiger partial charge in [0, 0.05) is 50.7 Å². The summed E-state index contributed by atoms with van der Waals surface area (Å²) in [7, 11) is 1.85. The standard InChI is InChI=1S/C18H23N5O2/c1-22-7-8-23(13-16(22)17(24)25)12-15-10-20-18(21-11-15)19-9-14-5-3-2-4-6-14/h2-6,10-11,16H,7-9,12-13H2,1H3,(H,24,25)(H,19,20,21). The number of benzene rings is 1. The normalized spacial score (nSPS) is 18.8. The van der Waals surface area contributed by atoms with E-state index in [0.29, 0.717) is 25.6 Å². The van der Waals surface area contributed by atoms with Crippen LogP contribution in [0.2, 0.25) is 0 Å². The maximum absolute atomic E-state index is 11.3. The summed E-state index contributed by atoms with van der Waals surface area (Å²) in [5.74, 6) is -0.182. The Morgan fingerprint density at radius 2 is 1.92 bits per heavy atom. The first kappa shape index (κ1) is 17.3. The summed E-state index contributed by atoms with van der Waals surface area (Å²) < 4.78 is 0. The maximum Gasteiger partial charge on any atom is 0.322 e. The third kappa shape index (κ3) is 4.74. The molecular formula is C18H23N5O2. The van der Waals surface area contributed by atoms with E-state index in [1.165, 1.54) is 5.56 Å². The molecular weight excluding hydrogens is 318 g/mol. The van der Waals surface area contributed by atoms with Crippen molar-refractivity contribution in [3.8, 4) is 0 Å². The average Bonchev–Trinajstić information content (AvgIpc) is 2.63. The largest absolute Gasteiger partial charge is 0.480 e. The number of nitrogens with zero attached hydrogens (tertiary/aromatic N) is 4. The van der Waals surface area contributed by atoms with E-state index in [1.807, 2.05) is 42.3 Å². The Morgan fingerprint density at radius 1 is 1.20 bits per heavy atom. The minimum atomic E-state index is -0.774.